The highest BCUT2D eigenvalue weighted by molar-refractivity contribution is 5.38. The van der Waals surface area contributed by atoms with Gasteiger partial charge in [0.2, 0.25) is 0 Å². The Morgan fingerprint density at radius 3 is 2.70 bits per heavy atom. The SMILES string of the molecule is OC1CCCCCC1Oc1ccc2c(c1)[C@H](O)CCC2. The average Bonchev–Trinajstić information content (AvgIpc) is 2.65. The van der Waals surface area contributed by atoms with E-state index in [9.17, 15) is 10.2 Å². The van der Waals surface area contributed by atoms with Gasteiger partial charge in [0.05, 0.1) is 12.2 Å². The summed E-state index contributed by atoms with van der Waals surface area (Å²) in [5.74, 6) is 0.788. The van der Waals surface area contributed by atoms with E-state index in [1.807, 2.05) is 12.1 Å². The zero-order valence-corrected chi connectivity index (χ0v) is 11.9. The van der Waals surface area contributed by atoms with Crippen molar-refractivity contribution in [1.82, 2.24) is 0 Å². The molecule has 3 atom stereocenters. The lowest BCUT2D eigenvalue weighted by Crippen LogP contribution is -2.30. The Balaban J connectivity index is 1.75. The Bertz CT molecular complexity index is 458. The van der Waals surface area contributed by atoms with Gasteiger partial charge >= 0.3 is 0 Å². The first-order valence-electron chi connectivity index (χ1n) is 7.89. The van der Waals surface area contributed by atoms with Crippen molar-refractivity contribution in [1.29, 1.82) is 0 Å². The standard InChI is InChI=1S/C17H24O3/c18-15-7-4-5-12-9-10-13(11-14(12)15)20-17-8-3-1-2-6-16(17)19/h9-11,15-19H,1-8H2/t15-,16?,17?/m1/s1. The van der Waals surface area contributed by atoms with E-state index >= 15 is 0 Å². The molecule has 1 saturated carbocycles. The predicted octanol–water partition coefficient (Wildman–Crippen LogP) is 3.13. The number of aryl methyl sites for hydroxylation is 1. The van der Waals surface area contributed by atoms with E-state index in [1.54, 1.807) is 0 Å². The molecule has 1 fully saturated rings. The van der Waals surface area contributed by atoms with Crippen molar-refractivity contribution in [3.05, 3.63) is 29.3 Å². The van der Waals surface area contributed by atoms with Gasteiger partial charge in [0, 0.05) is 0 Å². The Hall–Kier alpha value is -1.06. The third-order valence-corrected chi connectivity index (χ3v) is 4.61. The van der Waals surface area contributed by atoms with E-state index in [2.05, 4.69) is 6.07 Å². The van der Waals surface area contributed by atoms with Crippen LogP contribution in [0.4, 0.5) is 0 Å². The molecule has 0 aromatic heterocycles. The number of ether oxygens (including phenoxy) is 1. The molecule has 1 aromatic rings. The van der Waals surface area contributed by atoms with Crippen LogP contribution in [0.25, 0.3) is 0 Å². The summed E-state index contributed by atoms with van der Waals surface area (Å²) in [6.07, 6.45) is 7.24. The van der Waals surface area contributed by atoms with E-state index in [0.717, 1.165) is 56.3 Å². The maximum absolute atomic E-state index is 10.1. The number of hydrogen-bond acceptors (Lipinski definition) is 3. The van der Waals surface area contributed by atoms with Crippen molar-refractivity contribution >= 4 is 0 Å². The molecule has 0 saturated heterocycles. The van der Waals surface area contributed by atoms with Crippen molar-refractivity contribution in [2.24, 2.45) is 0 Å². The lowest BCUT2D eigenvalue weighted by atomic mass is 9.89. The molecule has 20 heavy (non-hydrogen) atoms. The molecule has 3 nitrogen and oxygen atoms in total. The number of benzene rings is 1. The highest BCUT2D eigenvalue weighted by Crippen LogP contribution is 2.33. The summed E-state index contributed by atoms with van der Waals surface area (Å²) < 4.78 is 6.00. The van der Waals surface area contributed by atoms with Crippen molar-refractivity contribution in [2.45, 2.75) is 69.7 Å². The van der Waals surface area contributed by atoms with Crippen LogP contribution in [0, 0.1) is 0 Å². The maximum Gasteiger partial charge on any atom is 0.124 e. The topological polar surface area (TPSA) is 49.7 Å². The highest BCUT2D eigenvalue weighted by atomic mass is 16.5. The van der Waals surface area contributed by atoms with Crippen molar-refractivity contribution in [3.8, 4) is 5.75 Å². The van der Waals surface area contributed by atoms with Gasteiger partial charge in [-0.1, -0.05) is 18.9 Å². The second kappa shape index (κ2) is 6.15. The highest BCUT2D eigenvalue weighted by Gasteiger charge is 2.24. The van der Waals surface area contributed by atoms with E-state index in [-0.39, 0.29) is 18.3 Å². The van der Waals surface area contributed by atoms with E-state index < -0.39 is 0 Å². The fraction of sp³-hybridized carbons (Fsp3) is 0.647. The van der Waals surface area contributed by atoms with Gasteiger partial charge in [0.1, 0.15) is 11.9 Å². The molecule has 0 bridgehead atoms. The monoisotopic (exact) mass is 276 g/mol. The third-order valence-electron chi connectivity index (χ3n) is 4.61. The Labute approximate surface area is 120 Å². The average molecular weight is 276 g/mol. The minimum Gasteiger partial charge on any atom is -0.488 e. The van der Waals surface area contributed by atoms with Crippen LogP contribution in [0.2, 0.25) is 0 Å². The van der Waals surface area contributed by atoms with Gasteiger partial charge in [0.15, 0.2) is 0 Å². The molecule has 2 aliphatic rings. The fourth-order valence-electron chi connectivity index (χ4n) is 3.39. The summed E-state index contributed by atoms with van der Waals surface area (Å²) in [4.78, 5) is 0. The number of aliphatic hydroxyl groups excluding tert-OH is 2. The molecule has 0 aliphatic heterocycles. The summed E-state index contributed by atoms with van der Waals surface area (Å²) in [5.41, 5.74) is 2.24. The molecule has 0 amide bonds. The lowest BCUT2D eigenvalue weighted by Gasteiger charge is -2.25. The molecule has 2 unspecified atom stereocenters. The quantitative estimate of drug-likeness (QED) is 0.816. The number of hydrogen-bond donors (Lipinski definition) is 2. The lowest BCUT2D eigenvalue weighted by molar-refractivity contribution is 0.0317. The number of rotatable bonds is 2. The smallest absolute Gasteiger partial charge is 0.124 e. The summed E-state index contributed by atoms with van der Waals surface area (Å²) in [6.45, 7) is 0. The molecule has 1 aromatic carbocycles. The van der Waals surface area contributed by atoms with E-state index in [1.165, 1.54) is 12.0 Å². The molecule has 110 valence electrons. The Morgan fingerprint density at radius 2 is 1.80 bits per heavy atom. The van der Waals surface area contributed by atoms with Gasteiger partial charge in [0.25, 0.3) is 0 Å². The first-order valence-corrected chi connectivity index (χ1v) is 7.89. The molecule has 2 N–H and O–H groups in total. The summed E-state index contributed by atoms with van der Waals surface area (Å²) in [7, 11) is 0. The molecule has 3 rings (SSSR count). The van der Waals surface area contributed by atoms with E-state index in [0.29, 0.717) is 0 Å². The second-order valence-electron chi connectivity index (χ2n) is 6.13. The van der Waals surface area contributed by atoms with Crippen molar-refractivity contribution in [2.75, 3.05) is 0 Å². The van der Waals surface area contributed by atoms with Crippen LogP contribution < -0.4 is 4.74 Å². The summed E-state index contributed by atoms with van der Waals surface area (Å²) in [5, 5.41) is 20.2. The zero-order valence-electron chi connectivity index (χ0n) is 11.9. The van der Waals surface area contributed by atoms with Gasteiger partial charge in [-0.05, 0) is 61.8 Å². The Morgan fingerprint density at radius 1 is 0.950 bits per heavy atom. The van der Waals surface area contributed by atoms with Crippen LogP contribution in [-0.2, 0) is 6.42 Å². The van der Waals surface area contributed by atoms with Crippen molar-refractivity contribution in [3.63, 3.8) is 0 Å². The largest absolute Gasteiger partial charge is 0.488 e. The first-order chi connectivity index (χ1) is 9.74. The molecule has 3 heteroatoms. The molecule has 2 aliphatic carbocycles. The maximum atomic E-state index is 10.1. The minimum absolute atomic E-state index is 0.101. The van der Waals surface area contributed by atoms with Crippen LogP contribution in [0.15, 0.2) is 18.2 Å². The summed E-state index contributed by atoms with van der Waals surface area (Å²) >= 11 is 0. The molecular weight excluding hydrogens is 252 g/mol. The van der Waals surface area contributed by atoms with Gasteiger partial charge in [-0.15, -0.1) is 0 Å². The van der Waals surface area contributed by atoms with Gasteiger partial charge < -0.3 is 14.9 Å². The fourth-order valence-corrected chi connectivity index (χ4v) is 3.39. The van der Waals surface area contributed by atoms with Gasteiger partial charge in [-0.3, -0.25) is 0 Å². The summed E-state index contributed by atoms with van der Waals surface area (Å²) in [6, 6.07) is 6.02. The van der Waals surface area contributed by atoms with Crippen LogP contribution >= 0.6 is 0 Å². The zero-order chi connectivity index (χ0) is 13.9. The van der Waals surface area contributed by atoms with Crippen LogP contribution in [-0.4, -0.2) is 22.4 Å². The number of aliphatic hydroxyl groups is 2. The van der Waals surface area contributed by atoms with Crippen LogP contribution in [0.1, 0.15) is 62.2 Å². The molecule has 0 heterocycles. The van der Waals surface area contributed by atoms with Crippen LogP contribution in [0.5, 0.6) is 5.75 Å². The molecular formula is C17H24O3. The minimum atomic E-state index is -0.363. The third kappa shape index (κ3) is 2.99. The molecule has 0 radical (unpaired) electrons. The molecule has 0 spiro atoms. The first kappa shape index (κ1) is 13.9. The van der Waals surface area contributed by atoms with Gasteiger partial charge in [-0.2, -0.15) is 0 Å². The van der Waals surface area contributed by atoms with Crippen molar-refractivity contribution < 1.29 is 14.9 Å². The van der Waals surface area contributed by atoms with E-state index in [4.69, 9.17) is 4.74 Å². The van der Waals surface area contributed by atoms with Gasteiger partial charge in [-0.25, -0.2) is 0 Å². The second-order valence-corrected chi connectivity index (χ2v) is 6.13. The normalized spacial score (nSPS) is 30.4. The van der Waals surface area contributed by atoms with Crippen LogP contribution in [0.3, 0.4) is 0 Å². The predicted molar refractivity (Wildman–Crippen MR) is 77.8 cm³/mol. The number of fused-ring (bicyclic) bond motifs is 1. The Kier molecular flexibility index (Phi) is 4.27.